The average Bonchev–Trinajstić information content (AvgIpc) is 2.99. The van der Waals surface area contributed by atoms with Crippen molar-refractivity contribution < 1.29 is 15.1 Å². The summed E-state index contributed by atoms with van der Waals surface area (Å²) in [6.45, 7) is 1.05. The molecule has 1 aromatic carbocycles. The highest BCUT2D eigenvalue weighted by Gasteiger charge is 2.60. The Kier molecular flexibility index (Phi) is 4.12. The van der Waals surface area contributed by atoms with E-state index >= 15 is 0 Å². The van der Waals surface area contributed by atoms with E-state index in [1.54, 1.807) is 7.11 Å². The molecule has 2 aliphatic carbocycles. The lowest BCUT2D eigenvalue weighted by Crippen LogP contribution is -2.65. The van der Waals surface area contributed by atoms with Crippen molar-refractivity contribution in [1.82, 2.24) is 4.90 Å². The molecule has 136 valence electrons. The number of piperidine rings is 1. The molecule has 5 unspecified atom stereocenters. The molecule has 25 heavy (non-hydrogen) atoms. The van der Waals surface area contributed by atoms with Gasteiger partial charge in [0.25, 0.3) is 0 Å². The summed E-state index contributed by atoms with van der Waals surface area (Å²) in [6, 6.07) is 4.59. The van der Waals surface area contributed by atoms with Gasteiger partial charge in [-0.15, -0.1) is 12.4 Å². The summed E-state index contributed by atoms with van der Waals surface area (Å²) in [5.41, 5.74) is 3.41. The minimum absolute atomic E-state index is 0. The van der Waals surface area contributed by atoms with E-state index in [0.29, 0.717) is 17.7 Å². The van der Waals surface area contributed by atoms with Crippen molar-refractivity contribution >= 4 is 18.1 Å². The lowest BCUT2D eigenvalue weighted by atomic mass is 9.56. The number of rotatable bonds is 1. The topological polar surface area (TPSA) is 65.3 Å². The Morgan fingerprint density at radius 3 is 2.80 bits per heavy atom. The van der Waals surface area contributed by atoms with Crippen LogP contribution in [0.25, 0.3) is 0 Å². The number of benzene rings is 1. The molecule has 0 spiro atoms. The number of halogens is 1. The number of nitrogens with zero attached hydrogens (tertiary/aromatic N) is 2. The fraction of sp³-hybridized carbons (Fsp3) is 0.632. The Bertz CT molecular complexity index is 723. The van der Waals surface area contributed by atoms with Crippen LogP contribution in [0.15, 0.2) is 17.3 Å². The summed E-state index contributed by atoms with van der Waals surface area (Å²) in [6.07, 6.45) is 5.69. The second-order valence-electron chi connectivity index (χ2n) is 7.80. The lowest BCUT2D eigenvalue weighted by molar-refractivity contribution is -0.0580. The van der Waals surface area contributed by atoms with Crippen LogP contribution >= 0.6 is 12.4 Å². The highest BCUT2D eigenvalue weighted by Crippen LogP contribution is 2.59. The highest BCUT2D eigenvalue weighted by atomic mass is 35.5. The summed E-state index contributed by atoms with van der Waals surface area (Å²) in [4.78, 5) is 2.64. The first kappa shape index (κ1) is 17.0. The van der Waals surface area contributed by atoms with Crippen LogP contribution in [0, 0.1) is 17.8 Å². The largest absolute Gasteiger partial charge is 0.504 e. The SMILES string of the molecule is COc1cc2c(cc1O)C1CC(=NO)C3C4CCCC4C3N1CC2.Cl. The summed E-state index contributed by atoms with van der Waals surface area (Å²) >= 11 is 0. The van der Waals surface area contributed by atoms with Crippen molar-refractivity contribution in [3.8, 4) is 11.5 Å². The lowest BCUT2D eigenvalue weighted by Gasteiger charge is -2.60. The van der Waals surface area contributed by atoms with Gasteiger partial charge in [0.1, 0.15) is 0 Å². The second-order valence-corrected chi connectivity index (χ2v) is 7.80. The molecule has 0 aromatic heterocycles. The van der Waals surface area contributed by atoms with E-state index in [0.717, 1.165) is 36.9 Å². The maximum atomic E-state index is 10.2. The molecule has 3 fully saturated rings. The van der Waals surface area contributed by atoms with Crippen LogP contribution in [0.3, 0.4) is 0 Å². The summed E-state index contributed by atoms with van der Waals surface area (Å²) in [7, 11) is 1.59. The Labute approximate surface area is 154 Å². The fourth-order valence-electron chi connectivity index (χ4n) is 6.08. The van der Waals surface area contributed by atoms with E-state index < -0.39 is 0 Å². The molecule has 5 nitrogen and oxygen atoms in total. The molecule has 5 rings (SSSR count). The molecule has 2 N–H and O–H groups in total. The van der Waals surface area contributed by atoms with Crippen LogP contribution < -0.4 is 4.74 Å². The minimum atomic E-state index is 0. The molecular formula is C19H25ClN2O3. The van der Waals surface area contributed by atoms with Gasteiger partial charge in [0.2, 0.25) is 0 Å². The van der Waals surface area contributed by atoms with Crippen molar-refractivity contribution in [2.24, 2.45) is 22.9 Å². The Balaban J connectivity index is 0.00000157. The van der Waals surface area contributed by atoms with Crippen molar-refractivity contribution in [3.63, 3.8) is 0 Å². The molecule has 0 amide bonds. The number of aromatic hydroxyl groups is 1. The van der Waals surface area contributed by atoms with E-state index in [1.165, 1.54) is 30.4 Å². The third kappa shape index (κ3) is 2.21. The van der Waals surface area contributed by atoms with Crippen molar-refractivity contribution in [2.45, 2.75) is 44.2 Å². The molecule has 2 aliphatic heterocycles. The third-order valence-corrected chi connectivity index (χ3v) is 7.03. The number of methoxy groups -OCH3 is 1. The summed E-state index contributed by atoms with van der Waals surface area (Å²) < 4.78 is 5.27. The van der Waals surface area contributed by atoms with Gasteiger partial charge in [-0.05, 0) is 54.4 Å². The monoisotopic (exact) mass is 364 g/mol. The van der Waals surface area contributed by atoms with Gasteiger partial charge in [-0.3, -0.25) is 4.90 Å². The fourth-order valence-corrected chi connectivity index (χ4v) is 6.08. The number of ether oxygens (including phenoxy) is 1. The Morgan fingerprint density at radius 2 is 2.04 bits per heavy atom. The van der Waals surface area contributed by atoms with Crippen LogP contribution in [-0.4, -0.2) is 40.6 Å². The number of phenols is 1. The van der Waals surface area contributed by atoms with Crippen LogP contribution in [0.5, 0.6) is 11.5 Å². The van der Waals surface area contributed by atoms with Gasteiger partial charge < -0.3 is 15.1 Å². The molecule has 2 heterocycles. The highest BCUT2D eigenvalue weighted by molar-refractivity contribution is 5.90. The first-order valence-corrected chi connectivity index (χ1v) is 9.09. The molecule has 1 aromatic rings. The van der Waals surface area contributed by atoms with Crippen LogP contribution in [0.4, 0.5) is 0 Å². The van der Waals surface area contributed by atoms with Crippen LogP contribution in [0.2, 0.25) is 0 Å². The van der Waals surface area contributed by atoms with E-state index in [-0.39, 0.29) is 24.2 Å². The summed E-state index contributed by atoms with van der Waals surface area (Å²) in [5, 5.41) is 23.6. The van der Waals surface area contributed by atoms with Crippen molar-refractivity contribution in [2.75, 3.05) is 13.7 Å². The summed E-state index contributed by atoms with van der Waals surface area (Å²) in [5.74, 6) is 2.70. The van der Waals surface area contributed by atoms with Gasteiger partial charge in [0.15, 0.2) is 11.5 Å². The standard InChI is InChI=1S/C19H24N2O3.ClH/c1-24-17-7-10-5-6-21-15(13(10)8-16(17)22)9-14(20-23)18-11-3-2-4-12(11)19(18)21;/h7-8,11-12,15,18-19,22-23H,2-6,9H2,1H3;1H. The zero-order valence-corrected chi connectivity index (χ0v) is 15.2. The zero-order chi connectivity index (χ0) is 16.4. The molecule has 2 saturated carbocycles. The van der Waals surface area contributed by atoms with E-state index in [9.17, 15) is 10.3 Å². The predicted molar refractivity (Wildman–Crippen MR) is 97.0 cm³/mol. The second kappa shape index (κ2) is 6.06. The molecule has 5 atom stereocenters. The smallest absolute Gasteiger partial charge is 0.160 e. The van der Waals surface area contributed by atoms with Crippen LogP contribution in [0.1, 0.15) is 42.9 Å². The quantitative estimate of drug-likeness (QED) is 0.592. The molecule has 0 bridgehead atoms. The van der Waals surface area contributed by atoms with Gasteiger partial charge >= 0.3 is 0 Å². The minimum Gasteiger partial charge on any atom is -0.504 e. The average molecular weight is 365 g/mol. The molecule has 6 heteroatoms. The molecule has 0 radical (unpaired) electrons. The van der Waals surface area contributed by atoms with Crippen molar-refractivity contribution in [3.05, 3.63) is 23.3 Å². The van der Waals surface area contributed by atoms with Gasteiger partial charge in [-0.2, -0.15) is 0 Å². The van der Waals surface area contributed by atoms with Gasteiger partial charge in [0, 0.05) is 31.0 Å². The van der Waals surface area contributed by atoms with Gasteiger partial charge in [-0.25, -0.2) is 0 Å². The van der Waals surface area contributed by atoms with Crippen LogP contribution in [-0.2, 0) is 6.42 Å². The maximum absolute atomic E-state index is 10.2. The number of hydrogen-bond donors (Lipinski definition) is 2. The number of phenolic OH excluding ortho intramolecular Hbond substituents is 1. The normalized spacial score (nSPS) is 37.2. The third-order valence-electron chi connectivity index (χ3n) is 7.03. The first-order valence-electron chi connectivity index (χ1n) is 9.09. The van der Waals surface area contributed by atoms with Gasteiger partial charge in [-0.1, -0.05) is 11.6 Å². The number of hydrogen-bond acceptors (Lipinski definition) is 5. The number of fused-ring (bicyclic) bond motifs is 8. The maximum Gasteiger partial charge on any atom is 0.160 e. The van der Waals surface area contributed by atoms with Crippen molar-refractivity contribution in [1.29, 1.82) is 0 Å². The molecule has 1 saturated heterocycles. The first-order chi connectivity index (χ1) is 11.7. The number of oxime groups is 1. The Morgan fingerprint density at radius 1 is 1.24 bits per heavy atom. The van der Waals surface area contributed by atoms with E-state index in [2.05, 4.69) is 10.1 Å². The molecular weight excluding hydrogens is 340 g/mol. The predicted octanol–water partition coefficient (Wildman–Crippen LogP) is 3.37. The van der Waals surface area contributed by atoms with E-state index in [1.807, 2.05) is 12.1 Å². The molecule has 4 aliphatic rings. The zero-order valence-electron chi connectivity index (χ0n) is 14.4. The Hall–Kier alpha value is -1.46. The van der Waals surface area contributed by atoms with Gasteiger partial charge in [0.05, 0.1) is 12.8 Å². The van der Waals surface area contributed by atoms with E-state index in [4.69, 9.17) is 4.74 Å².